The first kappa shape index (κ1) is 17.3. The van der Waals surface area contributed by atoms with Crippen LogP contribution in [0.1, 0.15) is 32.8 Å². The number of anilines is 1. The van der Waals surface area contributed by atoms with Gasteiger partial charge < -0.3 is 5.73 Å². The molecule has 0 aliphatic carbocycles. The zero-order valence-corrected chi connectivity index (χ0v) is 15.5. The number of thioether (sulfide) groups is 2. The first-order valence-corrected chi connectivity index (χ1v) is 9.70. The first-order chi connectivity index (χ1) is 10.4. The molecule has 0 bridgehead atoms. The van der Waals surface area contributed by atoms with Crippen molar-refractivity contribution in [3.05, 3.63) is 53.6 Å². The Kier molecular flexibility index (Phi) is 5.87. The van der Waals surface area contributed by atoms with Crippen LogP contribution in [0, 0.1) is 5.92 Å². The highest BCUT2D eigenvalue weighted by Gasteiger charge is 2.24. The summed E-state index contributed by atoms with van der Waals surface area (Å²) in [4.78, 5) is 2.53. The molecule has 3 heteroatoms. The van der Waals surface area contributed by atoms with Crippen LogP contribution in [0.5, 0.6) is 0 Å². The Morgan fingerprint density at radius 1 is 1.45 bits per heavy atom. The van der Waals surface area contributed by atoms with Gasteiger partial charge in [0.2, 0.25) is 0 Å². The van der Waals surface area contributed by atoms with Crippen molar-refractivity contribution in [1.29, 1.82) is 0 Å². The van der Waals surface area contributed by atoms with Gasteiger partial charge in [0.05, 0.1) is 0 Å². The lowest BCUT2D eigenvalue weighted by atomic mass is 9.96. The summed E-state index contributed by atoms with van der Waals surface area (Å²) in [6.45, 7) is 10.6. The van der Waals surface area contributed by atoms with Gasteiger partial charge in [0.15, 0.2) is 0 Å². The maximum absolute atomic E-state index is 6.00. The average molecular weight is 332 g/mol. The van der Waals surface area contributed by atoms with Gasteiger partial charge in [-0.05, 0) is 43.2 Å². The van der Waals surface area contributed by atoms with Gasteiger partial charge in [0.1, 0.15) is 0 Å². The van der Waals surface area contributed by atoms with E-state index in [4.69, 9.17) is 5.73 Å². The molecule has 0 fully saturated rings. The molecule has 2 rings (SSSR count). The monoisotopic (exact) mass is 331 g/mol. The Morgan fingerprint density at radius 3 is 2.77 bits per heavy atom. The van der Waals surface area contributed by atoms with Gasteiger partial charge in [0, 0.05) is 20.7 Å². The van der Waals surface area contributed by atoms with E-state index in [1.54, 1.807) is 11.8 Å². The van der Waals surface area contributed by atoms with Gasteiger partial charge >= 0.3 is 0 Å². The summed E-state index contributed by atoms with van der Waals surface area (Å²) >= 11 is 3.67. The summed E-state index contributed by atoms with van der Waals surface area (Å²) in [5.74, 6) is 0.551. The van der Waals surface area contributed by atoms with Gasteiger partial charge in [-0.3, -0.25) is 0 Å². The van der Waals surface area contributed by atoms with Crippen LogP contribution in [-0.4, -0.2) is 11.5 Å². The summed E-state index contributed by atoms with van der Waals surface area (Å²) < 4.78 is 0. The summed E-state index contributed by atoms with van der Waals surface area (Å²) in [5.41, 5.74) is 10.8. The van der Waals surface area contributed by atoms with E-state index in [0.29, 0.717) is 11.2 Å². The molecule has 1 unspecified atom stereocenters. The van der Waals surface area contributed by atoms with E-state index >= 15 is 0 Å². The standard InChI is InChI=1S/C19H25NS2/c1-12(2)10-15(13(3)4)18-9-8-17(22-18)14-6-7-16(20)19(11-14)21-5/h6-8,10-11,13,18H,1,9,20H2,2-5H3/b15-10+. The molecule has 0 aromatic heterocycles. The molecule has 1 aromatic rings. The SMILES string of the molecule is C=C(C)/C=C(\C(C)C)C1CC=C(c2ccc(N)c(SC)c2)S1. The third-order valence-corrected chi connectivity index (χ3v) is 5.95. The van der Waals surface area contributed by atoms with E-state index < -0.39 is 0 Å². The smallest absolute Gasteiger partial charge is 0.0452 e. The Morgan fingerprint density at radius 2 is 2.18 bits per heavy atom. The van der Waals surface area contributed by atoms with Crippen LogP contribution in [0.3, 0.4) is 0 Å². The van der Waals surface area contributed by atoms with Gasteiger partial charge in [-0.15, -0.1) is 23.5 Å². The molecule has 0 saturated heterocycles. The van der Waals surface area contributed by atoms with Crippen LogP contribution in [0.15, 0.2) is 53.0 Å². The van der Waals surface area contributed by atoms with Crippen molar-refractivity contribution in [2.45, 2.75) is 37.3 Å². The topological polar surface area (TPSA) is 26.0 Å². The number of nitrogen functional groups attached to an aromatic ring is 1. The lowest BCUT2D eigenvalue weighted by Crippen LogP contribution is -2.08. The van der Waals surface area contributed by atoms with Crippen molar-refractivity contribution >= 4 is 34.1 Å². The molecule has 0 amide bonds. The van der Waals surface area contributed by atoms with Crippen LogP contribution in [0.2, 0.25) is 0 Å². The summed E-state index contributed by atoms with van der Waals surface area (Å²) in [6, 6.07) is 6.36. The quantitative estimate of drug-likeness (QED) is 0.407. The van der Waals surface area contributed by atoms with Crippen molar-refractivity contribution in [1.82, 2.24) is 0 Å². The van der Waals surface area contributed by atoms with Crippen molar-refractivity contribution in [3.8, 4) is 0 Å². The molecule has 118 valence electrons. The minimum absolute atomic E-state index is 0.530. The van der Waals surface area contributed by atoms with Crippen molar-refractivity contribution < 1.29 is 0 Å². The van der Waals surface area contributed by atoms with Gasteiger partial charge in [0.25, 0.3) is 0 Å². The van der Waals surface area contributed by atoms with Gasteiger partial charge in [-0.2, -0.15) is 0 Å². The Labute approximate surface area is 143 Å². The van der Waals surface area contributed by atoms with E-state index in [9.17, 15) is 0 Å². The van der Waals surface area contributed by atoms with E-state index in [1.165, 1.54) is 16.0 Å². The third-order valence-electron chi connectivity index (χ3n) is 3.76. The molecule has 1 aliphatic heterocycles. The fourth-order valence-electron chi connectivity index (χ4n) is 2.63. The van der Waals surface area contributed by atoms with Gasteiger partial charge in [-0.25, -0.2) is 0 Å². The highest BCUT2D eigenvalue weighted by atomic mass is 32.2. The number of hydrogen-bond donors (Lipinski definition) is 1. The molecule has 1 heterocycles. The third kappa shape index (κ3) is 4.02. The number of allylic oxidation sites excluding steroid dienone is 3. The zero-order chi connectivity index (χ0) is 16.3. The van der Waals surface area contributed by atoms with E-state index in [0.717, 1.165) is 22.6 Å². The molecule has 0 saturated carbocycles. The van der Waals surface area contributed by atoms with Crippen molar-refractivity contribution in [2.75, 3.05) is 12.0 Å². The molecule has 1 atom stereocenters. The average Bonchev–Trinajstić information content (AvgIpc) is 2.94. The van der Waals surface area contributed by atoms with E-state index in [1.807, 2.05) is 17.8 Å². The Balaban J connectivity index is 2.20. The molecule has 1 nitrogen and oxygen atoms in total. The van der Waals surface area contributed by atoms with Crippen molar-refractivity contribution in [2.24, 2.45) is 5.92 Å². The predicted molar refractivity (Wildman–Crippen MR) is 104 cm³/mol. The summed E-state index contributed by atoms with van der Waals surface area (Å²) in [7, 11) is 0. The molecule has 0 radical (unpaired) electrons. The second-order valence-corrected chi connectivity index (χ2v) is 8.11. The summed E-state index contributed by atoms with van der Waals surface area (Å²) in [5, 5.41) is 0.530. The number of hydrogen-bond acceptors (Lipinski definition) is 3. The highest BCUT2D eigenvalue weighted by molar-refractivity contribution is 8.09. The van der Waals surface area contributed by atoms with Gasteiger partial charge in [-0.1, -0.05) is 49.8 Å². The fourth-order valence-corrected chi connectivity index (χ4v) is 4.61. The molecule has 22 heavy (non-hydrogen) atoms. The second-order valence-electron chi connectivity index (χ2n) is 6.01. The number of nitrogens with two attached hydrogens (primary N) is 1. The first-order valence-electron chi connectivity index (χ1n) is 7.60. The lowest BCUT2D eigenvalue weighted by molar-refractivity contribution is 0.725. The fraction of sp³-hybridized carbons (Fsp3) is 0.368. The lowest BCUT2D eigenvalue weighted by Gasteiger charge is -2.19. The Bertz CT molecular complexity index is 626. The molecule has 1 aromatic carbocycles. The molecular weight excluding hydrogens is 306 g/mol. The second kappa shape index (κ2) is 7.47. The molecule has 0 spiro atoms. The van der Waals surface area contributed by atoms with E-state index in [2.05, 4.69) is 57.9 Å². The van der Waals surface area contributed by atoms with Crippen LogP contribution in [-0.2, 0) is 0 Å². The van der Waals surface area contributed by atoms with Crippen LogP contribution in [0.25, 0.3) is 4.91 Å². The minimum atomic E-state index is 0.530. The van der Waals surface area contributed by atoms with Crippen LogP contribution >= 0.6 is 23.5 Å². The summed E-state index contributed by atoms with van der Waals surface area (Å²) in [6.07, 6.45) is 7.78. The zero-order valence-electron chi connectivity index (χ0n) is 13.8. The molecule has 1 aliphatic rings. The largest absolute Gasteiger partial charge is 0.398 e. The normalized spacial score (nSPS) is 18.7. The molecular formula is C19H25NS2. The number of benzene rings is 1. The highest BCUT2D eigenvalue weighted by Crippen LogP contribution is 2.45. The predicted octanol–water partition coefficient (Wildman–Crippen LogP) is 6.00. The number of rotatable bonds is 5. The van der Waals surface area contributed by atoms with Crippen LogP contribution in [0.4, 0.5) is 5.69 Å². The van der Waals surface area contributed by atoms with Crippen molar-refractivity contribution in [3.63, 3.8) is 0 Å². The minimum Gasteiger partial charge on any atom is -0.398 e. The maximum atomic E-state index is 6.00. The Hall–Kier alpha value is -1.06. The van der Waals surface area contributed by atoms with Crippen LogP contribution < -0.4 is 5.73 Å². The maximum Gasteiger partial charge on any atom is 0.0452 e. The molecule has 2 N–H and O–H groups in total. The van der Waals surface area contributed by atoms with E-state index in [-0.39, 0.29) is 0 Å².